The van der Waals surface area contributed by atoms with Crippen LogP contribution in [0.2, 0.25) is 0 Å². The van der Waals surface area contributed by atoms with Crippen molar-refractivity contribution in [3.8, 4) is 0 Å². The quantitative estimate of drug-likeness (QED) is 0.781. The Labute approximate surface area is 116 Å². The first-order chi connectivity index (χ1) is 8.92. The minimum absolute atomic E-state index is 0.183. The summed E-state index contributed by atoms with van der Waals surface area (Å²) in [6.45, 7) is 7.81. The summed E-state index contributed by atoms with van der Waals surface area (Å²) in [6.07, 6.45) is 3.20. The molecule has 4 unspecified atom stereocenters. The number of rotatable bonds is 2. The van der Waals surface area contributed by atoms with E-state index in [-0.39, 0.29) is 6.61 Å². The van der Waals surface area contributed by atoms with Crippen molar-refractivity contribution in [1.29, 1.82) is 0 Å². The molecule has 0 spiro atoms. The zero-order valence-electron chi connectivity index (χ0n) is 12.5. The monoisotopic (exact) mass is 266 g/mol. The number of ether oxygens (including phenoxy) is 2. The van der Waals surface area contributed by atoms with E-state index in [2.05, 4.69) is 20.8 Å². The molecule has 3 heteroatoms. The molecule has 19 heavy (non-hydrogen) atoms. The van der Waals surface area contributed by atoms with Crippen molar-refractivity contribution in [2.45, 2.75) is 45.8 Å². The van der Waals surface area contributed by atoms with Gasteiger partial charge in [-0.1, -0.05) is 26.3 Å². The van der Waals surface area contributed by atoms with Crippen LogP contribution in [-0.2, 0) is 9.47 Å². The second-order valence-electron chi connectivity index (χ2n) is 7.38. The van der Waals surface area contributed by atoms with E-state index in [0.29, 0.717) is 29.8 Å². The van der Waals surface area contributed by atoms with Gasteiger partial charge in [-0.3, -0.25) is 0 Å². The molecule has 0 aromatic carbocycles. The molecule has 3 aliphatic rings. The molecule has 3 nitrogen and oxygen atoms in total. The predicted octanol–water partition coefficient (Wildman–Crippen LogP) is 2.74. The van der Waals surface area contributed by atoms with Crippen LogP contribution in [0.3, 0.4) is 0 Å². The molecule has 0 aromatic heterocycles. The van der Waals surface area contributed by atoms with Gasteiger partial charge in [-0.25, -0.2) is 0 Å². The molecule has 4 atom stereocenters. The van der Waals surface area contributed by atoms with Crippen LogP contribution in [0.4, 0.5) is 0 Å². The lowest BCUT2D eigenvalue weighted by Gasteiger charge is -2.37. The van der Waals surface area contributed by atoms with Crippen LogP contribution in [0.1, 0.15) is 40.0 Å². The van der Waals surface area contributed by atoms with Crippen molar-refractivity contribution in [3.63, 3.8) is 0 Å². The van der Waals surface area contributed by atoms with Gasteiger partial charge < -0.3 is 14.6 Å². The van der Waals surface area contributed by atoms with E-state index < -0.39 is 5.79 Å². The zero-order chi connectivity index (χ0) is 13.8. The third kappa shape index (κ3) is 1.90. The Bertz CT molecular complexity index is 412. The Morgan fingerprint density at radius 3 is 2.74 bits per heavy atom. The molecule has 1 saturated heterocycles. The second kappa shape index (κ2) is 4.31. The van der Waals surface area contributed by atoms with Gasteiger partial charge in [0.25, 0.3) is 0 Å². The van der Waals surface area contributed by atoms with Gasteiger partial charge in [-0.15, -0.1) is 0 Å². The number of aliphatic hydroxyl groups excluding tert-OH is 1. The maximum absolute atomic E-state index is 9.84. The Hall–Kier alpha value is -0.380. The molecule has 2 bridgehead atoms. The maximum Gasteiger partial charge on any atom is 0.171 e. The van der Waals surface area contributed by atoms with Gasteiger partial charge in [0.15, 0.2) is 5.79 Å². The maximum atomic E-state index is 9.84. The molecular formula is C16H26O3. The summed E-state index contributed by atoms with van der Waals surface area (Å²) in [6, 6.07) is 0. The molecule has 0 aromatic rings. The molecule has 108 valence electrons. The fourth-order valence-corrected chi connectivity index (χ4v) is 4.64. The summed E-state index contributed by atoms with van der Waals surface area (Å²) >= 11 is 0. The summed E-state index contributed by atoms with van der Waals surface area (Å²) in [5.74, 6) is 0.782. The first kappa shape index (κ1) is 13.6. The number of allylic oxidation sites excluding steroid dienone is 1. The summed E-state index contributed by atoms with van der Waals surface area (Å²) in [5, 5.41) is 9.84. The highest BCUT2D eigenvalue weighted by Gasteiger charge is 2.55. The van der Waals surface area contributed by atoms with Crippen LogP contribution >= 0.6 is 0 Å². The molecule has 0 radical (unpaired) electrons. The second-order valence-corrected chi connectivity index (χ2v) is 7.38. The van der Waals surface area contributed by atoms with Crippen molar-refractivity contribution in [2.75, 3.05) is 20.3 Å². The Kier molecular flexibility index (Phi) is 3.08. The fourth-order valence-electron chi connectivity index (χ4n) is 4.64. The van der Waals surface area contributed by atoms with Crippen molar-refractivity contribution in [3.05, 3.63) is 11.1 Å². The molecule has 1 saturated carbocycles. The average Bonchev–Trinajstić information content (AvgIpc) is 2.90. The van der Waals surface area contributed by atoms with E-state index in [9.17, 15) is 5.11 Å². The van der Waals surface area contributed by atoms with Crippen LogP contribution in [0.5, 0.6) is 0 Å². The third-order valence-corrected chi connectivity index (χ3v) is 5.67. The van der Waals surface area contributed by atoms with Gasteiger partial charge in [0.05, 0.1) is 13.2 Å². The van der Waals surface area contributed by atoms with Gasteiger partial charge >= 0.3 is 0 Å². The number of hydrogen-bond acceptors (Lipinski definition) is 3. The molecule has 1 aliphatic heterocycles. The zero-order valence-corrected chi connectivity index (χ0v) is 12.5. The standard InChI is InChI=1S/C16H26O3/c1-10-12-6-15(2,3)7-13(12)14(8-17)11-5-16(10,18-4)19-9-11/h10-12,17H,5-9H2,1-4H3. The van der Waals surface area contributed by atoms with Gasteiger partial charge in [0, 0.05) is 25.4 Å². The van der Waals surface area contributed by atoms with Gasteiger partial charge in [-0.05, 0) is 29.7 Å². The lowest BCUT2D eigenvalue weighted by Crippen LogP contribution is -2.41. The first-order valence-electron chi connectivity index (χ1n) is 7.44. The number of fused-ring (bicyclic) bond motifs is 3. The molecule has 1 N–H and O–H groups in total. The number of methoxy groups -OCH3 is 1. The third-order valence-electron chi connectivity index (χ3n) is 5.67. The van der Waals surface area contributed by atoms with Crippen LogP contribution in [0.25, 0.3) is 0 Å². The van der Waals surface area contributed by atoms with E-state index in [1.54, 1.807) is 7.11 Å². The van der Waals surface area contributed by atoms with Crippen molar-refractivity contribution < 1.29 is 14.6 Å². The Morgan fingerprint density at radius 2 is 2.11 bits per heavy atom. The summed E-state index contributed by atoms with van der Waals surface area (Å²) in [7, 11) is 1.77. The van der Waals surface area contributed by atoms with Crippen LogP contribution in [0, 0.1) is 23.2 Å². The highest BCUT2D eigenvalue weighted by atomic mass is 16.7. The summed E-state index contributed by atoms with van der Waals surface area (Å²) in [5.41, 5.74) is 3.09. The van der Waals surface area contributed by atoms with Crippen LogP contribution < -0.4 is 0 Å². The number of hydrogen-bond donors (Lipinski definition) is 1. The summed E-state index contributed by atoms with van der Waals surface area (Å²) < 4.78 is 11.8. The van der Waals surface area contributed by atoms with Crippen molar-refractivity contribution in [1.82, 2.24) is 0 Å². The van der Waals surface area contributed by atoms with E-state index in [4.69, 9.17) is 9.47 Å². The van der Waals surface area contributed by atoms with Crippen LogP contribution in [-0.4, -0.2) is 31.2 Å². The largest absolute Gasteiger partial charge is 0.392 e. The Morgan fingerprint density at radius 1 is 1.37 bits per heavy atom. The molecule has 3 rings (SSSR count). The minimum atomic E-state index is -0.433. The highest BCUT2D eigenvalue weighted by molar-refractivity contribution is 5.30. The predicted molar refractivity (Wildman–Crippen MR) is 73.6 cm³/mol. The molecule has 1 heterocycles. The lowest BCUT2D eigenvalue weighted by molar-refractivity contribution is -0.231. The van der Waals surface area contributed by atoms with E-state index >= 15 is 0 Å². The van der Waals surface area contributed by atoms with E-state index in [1.807, 2.05) is 0 Å². The van der Waals surface area contributed by atoms with Gasteiger partial charge in [-0.2, -0.15) is 0 Å². The topological polar surface area (TPSA) is 38.7 Å². The highest BCUT2D eigenvalue weighted by Crippen LogP contribution is 2.57. The van der Waals surface area contributed by atoms with E-state index in [1.165, 1.54) is 17.6 Å². The van der Waals surface area contributed by atoms with Gasteiger partial charge in [0.2, 0.25) is 0 Å². The summed E-state index contributed by atoms with van der Waals surface area (Å²) in [4.78, 5) is 0. The van der Waals surface area contributed by atoms with Crippen molar-refractivity contribution >= 4 is 0 Å². The lowest BCUT2D eigenvalue weighted by atomic mass is 9.81. The van der Waals surface area contributed by atoms with Crippen LogP contribution in [0.15, 0.2) is 11.1 Å². The van der Waals surface area contributed by atoms with Gasteiger partial charge in [0.1, 0.15) is 0 Å². The molecular weight excluding hydrogens is 240 g/mol. The Balaban J connectivity index is 2.07. The molecule has 2 aliphatic carbocycles. The first-order valence-corrected chi connectivity index (χ1v) is 7.44. The molecule has 2 fully saturated rings. The molecule has 0 amide bonds. The van der Waals surface area contributed by atoms with E-state index in [0.717, 1.165) is 12.8 Å². The fraction of sp³-hybridized carbons (Fsp3) is 0.875. The minimum Gasteiger partial charge on any atom is -0.392 e. The number of aliphatic hydroxyl groups is 1. The SMILES string of the molecule is COC12CC(CO1)C(CO)=C1CC(C)(C)CC1C2C. The normalized spacial score (nSPS) is 44.4. The smallest absolute Gasteiger partial charge is 0.171 e. The van der Waals surface area contributed by atoms with Crippen molar-refractivity contribution in [2.24, 2.45) is 23.2 Å². The average molecular weight is 266 g/mol.